The lowest BCUT2D eigenvalue weighted by molar-refractivity contribution is -0.117. The molecule has 148 valence electrons. The lowest BCUT2D eigenvalue weighted by Crippen LogP contribution is -2.30. The third kappa shape index (κ3) is 5.89. The molecule has 7 nitrogen and oxygen atoms in total. The van der Waals surface area contributed by atoms with Gasteiger partial charge in [-0.15, -0.1) is 0 Å². The highest BCUT2D eigenvalue weighted by atomic mass is 127. The molecule has 2 rings (SSSR count). The second-order valence-corrected chi connectivity index (χ2v) is 7.04. The van der Waals surface area contributed by atoms with E-state index in [0.717, 1.165) is 11.8 Å². The molecule has 0 radical (unpaired) electrons. The van der Waals surface area contributed by atoms with E-state index in [2.05, 4.69) is 26.2 Å². The van der Waals surface area contributed by atoms with Crippen molar-refractivity contribution in [1.82, 2.24) is 10.3 Å². The van der Waals surface area contributed by atoms with Crippen LogP contribution >= 0.6 is 38.9 Å². The first-order valence-electron chi connectivity index (χ1n) is 8.09. The number of nitrogens with one attached hydrogen (secondary N) is 1. The standard InChI is InChI=1S/C18H17BrFIN4O3/c19-14-7-11(3-4-13(14)17(23)26)16(28-21)15(22)18(27)25-5-1-2-10-6-12(20)9-24-8-10/h3-4,6-9H,1-2,5,22H2,(H2,23,26)(H,25,27)/b16-15-. The van der Waals surface area contributed by atoms with Gasteiger partial charge in [0, 0.05) is 22.8 Å². The Hall–Kier alpha value is -2.21. The maximum Gasteiger partial charge on any atom is 0.271 e. The van der Waals surface area contributed by atoms with Crippen molar-refractivity contribution in [3.05, 3.63) is 69.3 Å². The van der Waals surface area contributed by atoms with Gasteiger partial charge >= 0.3 is 0 Å². The molecule has 2 aromatic rings. The van der Waals surface area contributed by atoms with Gasteiger partial charge in [-0.2, -0.15) is 0 Å². The number of nitrogens with zero attached hydrogens (tertiary/aromatic N) is 1. The van der Waals surface area contributed by atoms with E-state index in [1.54, 1.807) is 41.3 Å². The van der Waals surface area contributed by atoms with Gasteiger partial charge in [-0.05, 0) is 52.5 Å². The number of primary amides is 1. The molecule has 2 amide bonds. The van der Waals surface area contributed by atoms with Gasteiger partial charge in [-0.1, -0.05) is 6.07 Å². The zero-order chi connectivity index (χ0) is 20.7. The minimum absolute atomic E-state index is 0.111. The maximum atomic E-state index is 13.1. The number of nitrogens with two attached hydrogens (primary N) is 2. The monoisotopic (exact) mass is 562 g/mol. The molecule has 1 heterocycles. The highest BCUT2D eigenvalue weighted by Crippen LogP contribution is 2.26. The summed E-state index contributed by atoms with van der Waals surface area (Å²) in [6.45, 7) is 0.342. The molecule has 0 unspecified atom stereocenters. The first-order chi connectivity index (χ1) is 13.3. The van der Waals surface area contributed by atoms with E-state index < -0.39 is 17.6 Å². The molecule has 5 N–H and O–H groups in total. The van der Waals surface area contributed by atoms with Crippen LogP contribution in [0, 0.1) is 5.82 Å². The van der Waals surface area contributed by atoms with E-state index in [1.165, 1.54) is 12.1 Å². The van der Waals surface area contributed by atoms with E-state index in [-0.39, 0.29) is 11.5 Å². The number of hydrogen-bond acceptors (Lipinski definition) is 5. The Balaban J connectivity index is 2.02. The number of aryl methyl sites for hydroxylation is 1. The van der Waals surface area contributed by atoms with Gasteiger partial charge in [0.2, 0.25) is 5.91 Å². The summed E-state index contributed by atoms with van der Waals surface area (Å²) < 4.78 is 18.8. The average molecular weight is 563 g/mol. The van der Waals surface area contributed by atoms with Crippen molar-refractivity contribution in [2.75, 3.05) is 6.54 Å². The highest BCUT2D eigenvalue weighted by Gasteiger charge is 2.17. The molecule has 1 aromatic carbocycles. The van der Waals surface area contributed by atoms with Crippen LogP contribution in [0.3, 0.4) is 0 Å². The second kappa shape index (κ2) is 10.4. The van der Waals surface area contributed by atoms with E-state index in [9.17, 15) is 14.0 Å². The van der Waals surface area contributed by atoms with Gasteiger partial charge in [0.05, 0.1) is 11.8 Å². The van der Waals surface area contributed by atoms with Crippen LogP contribution in [-0.4, -0.2) is 23.3 Å². The second-order valence-electron chi connectivity index (χ2n) is 5.75. The molecule has 10 heteroatoms. The van der Waals surface area contributed by atoms with Crippen molar-refractivity contribution in [3.8, 4) is 0 Å². The molecular weight excluding hydrogens is 546 g/mol. The summed E-state index contributed by atoms with van der Waals surface area (Å²) in [6, 6.07) is 6.08. The van der Waals surface area contributed by atoms with Crippen LogP contribution in [0.5, 0.6) is 0 Å². The number of benzene rings is 1. The lowest BCUT2D eigenvalue weighted by atomic mass is 10.1. The van der Waals surface area contributed by atoms with Gasteiger partial charge in [-0.3, -0.25) is 14.6 Å². The Bertz CT molecular complexity index is 923. The zero-order valence-electron chi connectivity index (χ0n) is 14.5. The van der Waals surface area contributed by atoms with Crippen molar-refractivity contribution in [2.24, 2.45) is 11.5 Å². The summed E-state index contributed by atoms with van der Waals surface area (Å²) in [5.41, 5.74) is 12.6. The molecular formula is C18H17BrFIN4O3. The van der Waals surface area contributed by atoms with Crippen LogP contribution < -0.4 is 16.8 Å². The van der Waals surface area contributed by atoms with Crippen LogP contribution in [0.2, 0.25) is 0 Å². The Kier molecular flexibility index (Phi) is 8.18. The van der Waals surface area contributed by atoms with E-state index in [1.807, 2.05) is 0 Å². The third-order valence-corrected chi connectivity index (χ3v) is 4.85. The number of carbonyl (C=O) groups excluding carboxylic acids is 2. The number of pyridine rings is 1. The Morgan fingerprint density at radius 2 is 2.00 bits per heavy atom. The fraction of sp³-hybridized carbons (Fsp3) is 0.167. The molecule has 0 fully saturated rings. The number of halogens is 3. The summed E-state index contributed by atoms with van der Waals surface area (Å²) >= 11 is 4.88. The van der Waals surface area contributed by atoms with E-state index in [4.69, 9.17) is 14.5 Å². The van der Waals surface area contributed by atoms with Crippen LogP contribution in [0.15, 0.2) is 46.8 Å². The van der Waals surface area contributed by atoms with E-state index in [0.29, 0.717) is 35.0 Å². The van der Waals surface area contributed by atoms with Crippen molar-refractivity contribution in [2.45, 2.75) is 12.8 Å². The number of carbonyl (C=O) groups is 2. The Labute approximate surface area is 183 Å². The molecule has 0 spiro atoms. The SMILES string of the molecule is NC(=O)c1ccc(/C(OI)=C(/N)C(=O)NCCCc2cncc(F)c2)cc1Br. The molecule has 1 aromatic heterocycles. The van der Waals surface area contributed by atoms with Crippen LogP contribution in [0.4, 0.5) is 4.39 Å². The van der Waals surface area contributed by atoms with Gasteiger partial charge in [0.25, 0.3) is 5.91 Å². The summed E-state index contributed by atoms with van der Waals surface area (Å²) in [6.07, 6.45) is 3.86. The summed E-state index contributed by atoms with van der Waals surface area (Å²) in [5, 5.41) is 2.69. The molecule has 0 bridgehead atoms. The van der Waals surface area contributed by atoms with Crippen molar-refractivity contribution in [3.63, 3.8) is 0 Å². The third-order valence-electron chi connectivity index (χ3n) is 3.75. The molecule has 0 aliphatic heterocycles. The van der Waals surface area contributed by atoms with Gasteiger partial charge in [0.15, 0.2) is 28.8 Å². The minimum atomic E-state index is -0.585. The largest absolute Gasteiger partial charge is 0.425 e. The first kappa shape index (κ1) is 22.1. The minimum Gasteiger partial charge on any atom is -0.425 e. The fourth-order valence-corrected chi connectivity index (χ4v) is 3.45. The summed E-state index contributed by atoms with van der Waals surface area (Å²) in [4.78, 5) is 27.4. The number of aromatic nitrogens is 1. The topological polar surface area (TPSA) is 120 Å². The summed E-state index contributed by atoms with van der Waals surface area (Å²) in [5.74, 6) is -1.33. The van der Waals surface area contributed by atoms with Gasteiger partial charge < -0.3 is 19.9 Å². The zero-order valence-corrected chi connectivity index (χ0v) is 18.3. The number of hydrogen-bond donors (Lipinski definition) is 3. The summed E-state index contributed by atoms with van der Waals surface area (Å²) in [7, 11) is 0. The molecule has 0 saturated heterocycles. The molecule has 0 aliphatic carbocycles. The predicted octanol–water partition coefficient (Wildman–Crippen LogP) is 2.83. The molecule has 0 saturated carbocycles. The normalized spacial score (nSPS) is 11.5. The quantitative estimate of drug-likeness (QED) is 0.198. The fourth-order valence-electron chi connectivity index (χ4n) is 2.38. The van der Waals surface area contributed by atoms with Crippen LogP contribution in [0.1, 0.15) is 27.9 Å². The molecule has 0 aliphatic rings. The maximum absolute atomic E-state index is 13.1. The number of rotatable bonds is 8. The number of amides is 2. The Morgan fingerprint density at radius 3 is 2.61 bits per heavy atom. The van der Waals surface area contributed by atoms with Crippen LogP contribution in [-0.2, 0) is 14.3 Å². The van der Waals surface area contributed by atoms with Gasteiger partial charge in [-0.25, -0.2) is 4.39 Å². The Morgan fingerprint density at radius 1 is 1.25 bits per heavy atom. The van der Waals surface area contributed by atoms with Crippen LogP contribution in [0.25, 0.3) is 5.76 Å². The predicted molar refractivity (Wildman–Crippen MR) is 114 cm³/mol. The molecule has 0 atom stereocenters. The average Bonchev–Trinajstić information content (AvgIpc) is 2.65. The van der Waals surface area contributed by atoms with Crippen molar-refractivity contribution in [1.29, 1.82) is 0 Å². The smallest absolute Gasteiger partial charge is 0.271 e. The van der Waals surface area contributed by atoms with Crippen molar-refractivity contribution >= 4 is 56.5 Å². The van der Waals surface area contributed by atoms with Crippen molar-refractivity contribution < 1.29 is 17.0 Å². The van der Waals surface area contributed by atoms with Gasteiger partial charge in [0.1, 0.15) is 11.5 Å². The van der Waals surface area contributed by atoms with E-state index >= 15 is 0 Å². The first-order valence-corrected chi connectivity index (χ1v) is 9.76. The highest BCUT2D eigenvalue weighted by molar-refractivity contribution is 14.1. The lowest BCUT2D eigenvalue weighted by Gasteiger charge is -2.11. The molecule has 28 heavy (non-hydrogen) atoms.